The molecule has 7 nitrogen and oxygen atoms in total. The first-order chi connectivity index (χ1) is 11.5. The lowest BCUT2D eigenvalue weighted by Crippen LogP contribution is -2.53. The first-order valence-corrected chi connectivity index (χ1v) is 9.08. The lowest BCUT2D eigenvalue weighted by Gasteiger charge is -2.43. The second-order valence-electron chi connectivity index (χ2n) is 6.12. The number of aryl methyl sites for hydroxylation is 1. The topological polar surface area (TPSA) is 84.7 Å². The van der Waals surface area contributed by atoms with Crippen LogP contribution < -0.4 is 5.32 Å². The predicted molar refractivity (Wildman–Crippen MR) is 93.5 cm³/mol. The zero-order valence-corrected chi connectivity index (χ0v) is 14.4. The molecule has 0 spiro atoms. The average molecular weight is 351 g/mol. The summed E-state index contributed by atoms with van der Waals surface area (Å²) in [6.45, 7) is 4.52. The maximum atomic E-state index is 12.4. The van der Waals surface area contributed by atoms with Crippen molar-refractivity contribution in [2.45, 2.75) is 24.6 Å². The number of nitrogens with one attached hydrogen (secondary N) is 1. The van der Waals surface area contributed by atoms with Crippen molar-refractivity contribution in [2.24, 2.45) is 0 Å². The Balaban J connectivity index is 1.62. The number of carbonyl (C=O) groups is 1. The molecule has 1 N–H and O–H groups in total. The summed E-state index contributed by atoms with van der Waals surface area (Å²) >= 11 is 1.93. The molecule has 8 heteroatoms. The maximum Gasteiger partial charge on any atom is 0.269 e. The molecule has 2 saturated heterocycles. The van der Waals surface area contributed by atoms with E-state index in [-0.39, 0.29) is 11.6 Å². The van der Waals surface area contributed by atoms with Gasteiger partial charge in [-0.1, -0.05) is 0 Å². The van der Waals surface area contributed by atoms with Gasteiger partial charge in [0.25, 0.3) is 5.69 Å². The van der Waals surface area contributed by atoms with E-state index in [1.54, 1.807) is 13.0 Å². The third-order valence-electron chi connectivity index (χ3n) is 4.49. The summed E-state index contributed by atoms with van der Waals surface area (Å²) in [5.41, 5.74) is 1.35. The van der Waals surface area contributed by atoms with Crippen LogP contribution in [0.1, 0.15) is 12.0 Å². The van der Waals surface area contributed by atoms with Gasteiger partial charge in [0.15, 0.2) is 0 Å². The second-order valence-corrected chi connectivity index (χ2v) is 7.46. The van der Waals surface area contributed by atoms with Gasteiger partial charge in [-0.05, 0) is 25.0 Å². The van der Waals surface area contributed by atoms with Crippen LogP contribution in [0.2, 0.25) is 0 Å². The van der Waals surface area contributed by atoms with Gasteiger partial charge in [-0.3, -0.25) is 19.8 Å². The molecule has 1 aromatic carbocycles. The predicted octanol–water partition coefficient (Wildman–Crippen LogP) is 2.05. The Morgan fingerprint density at radius 3 is 3.12 bits per heavy atom. The van der Waals surface area contributed by atoms with Gasteiger partial charge < -0.3 is 10.1 Å². The monoisotopic (exact) mass is 351 g/mol. The minimum absolute atomic E-state index is 0.0311. The van der Waals surface area contributed by atoms with Gasteiger partial charge in [0, 0.05) is 48.0 Å². The molecule has 0 aromatic heterocycles. The van der Waals surface area contributed by atoms with E-state index in [0.29, 0.717) is 29.1 Å². The Morgan fingerprint density at radius 2 is 2.38 bits per heavy atom. The molecule has 3 rings (SSSR count). The van der Waals surface area contributed by atoms with Crippen molar-refractivity contribution in [3.05, 3.63) is 33.9 Å². The van der Waals surface area contributed by atoms with Crippen LogP contribution in [0.25, 0.3) is 0 Å². The summed E-state index contributed by atoms with van der Waals surface area (Å²) < 4.78 is 5.53. The Bertz CT molecular complexity index is 638. The third-order valence-corrected chi connectivity index (χ3v) is 5.79. The molecule has 2 aliphatic rings. The smallest absolute Gasteiger partial charge is 0.269 e. The van der Waals surface area contributed by atoms with Crippen molar-refractivity contribution in [1.29, 1.82) is 0 Å². The highest BCUT2D eigenvalue weighted by atomic mass is 32.2. The lowest BCUT2D eigenvalue weighted by atomic mass is 10.1. The van der Waals surface area contributed by atoms with E-state index in [9.17, 15) is 14.9 Å². The number of non-ortho nitro benzene ring substituents is 1. The largest absolute Gasteiger partial charge is 0.380 e. The van der Waals surface area contributed by atoms with Gasteiger partial charge in [-0.2, -0.15) is 11.8 Å². The molecule has 24 heavy (non-hydrogen) atoms. The molecule has 1 aromatic rings. The zero-order chi connectivity index (χ0) is 17.1. The number of carbonyl (C=O) groups excluding carboxylic acids is 1. The number of nitrogens with zero attached hydrogens (tertiary/aromatic N) is 2. The molecule has 2 aliphatic heterocycles. The van der Waals surface area contributed by atoms with Crippen LogP contribution in [-0.2, 0) is 9.53 Å². The van der Waals surface area contributed by atoms with Crippen LogP contribution in [0.4, 0.5) is 11.4 Å². The molecular weight excluding hydrogens is 330 g/mol. The number of hydrogen-bond acceptors (Lipinski definition) is 6. The fourth-order valence-corrected chi connectivity index (χ4v) is 4.60. The van der Waals surface area contributed by atoms with Crippen molar-refractivity contribution in [3.8, 4) is 0 Å². The summed E-state index contributed by atoms with van der Waals surface area (Å²) in [5, 5.41) is 14.1. The van der Waals surface area contributed by atoms with Crippen molar-refractivity contribution in [2.75, 3.05) is 37.4 Å². The van der Waals surface area contributed by atoms with E-state index in [0.717, 1.165) is 31.9 Å². The van der Waals surface area contributed by atoms with Crippen molar-refractivity contribution >= 4 is 29.0 Å². The van der Waals surface area contributed by atoms with Crippen LogP contribution in [0.3, 0.4) is 0 Å². The van der Waals surface area contributed by atoms with E-state index < -0.39 is 4.92 Å². The Morgan fingerprint density at radius 1 is 1.54 bits per heavy atom. The van der Waals surface area contributed by atoms with E-state index in [4.69, 9.17) is 4.74 Å². The number of rotatable bonds is 4. The minimum Gasteiger partial charge on any atom is -0.380 e. The molecule has 0 aliphatic carbocycles. The average Bonchev–Trinajstić information content (AvgIpc) is 2.57. The van der Waals surface area contributed by atoms with Crippen molar-refractivity contribution < 1.29 is 14.5 Å². The highest BCUT2D eigenvalue weighted by Crippen LogP contribution is 2.30. The van der Waals surface area contributed by atoms with E-state index >= 15 is 0 Å². The van der Waals surface area contributed by atoms with Gasteiger partial charge in [0.2, 0.25) is 5.91 Å². The molecule has 130 valence electrons. The number of hydrogen-bond donors (Lipinski definition) is 1. The normalized spacial score (nSPS) is 24.2. The van der Waals surface area contributed by atoms with Crippen LogP contribution >= 0.6 is 11.8 Å². The van der Waals surface area contributed by atoms with Crippen LogP contribution in [0.15, 0.2) is 18.2 Å². The lowest BCUT2D eigenvalue weighted by molar-refractivity contribution is -0.384. The number of benzene rings is 1. The molecule has 2 heterocycles. The highest BCUT2D eigenvalue weighted by molar-refractivity contribution is 8.00. The number of nitro benzene ring substituents is 1. The molecule has 0 bridgehead atoms. The molecule has 0 radical (unpaired) electrons. The Labute approximate surface area is 144 Å². The van der Waals surface area contributed by atoms with Crippen molar-refractivity contribution in [3.63, 3.8) is 0 Å². The van der Waals surface area contributed by atoms with Crippen LogP contribution in [-0.4, -0.2) is 59.1 Å². The number of ether oxygens (including phenoxy) is 1. The molecule has 0 saturated carbocycles. The van der Waals surface area contributed by atoms with Gasteiger partial charge in [0.1, 0.15) is 0 Å². The number of fused-ring (bicyclic) bond motifs is 1. The maximum absolute atomic E-state index is 12.4. The first kappa shape index (κ1) is 17.2. The highest BCUT2D eigenvalue weighted by Gasteiger charge is 2.35. The van der Waals surface area contributed by atoms with E-state index in [1.165, 1.54) is 12.1 Å². The van der Waals surface area contributed by atoms with Gasteiger partial charge >= 0.3 is 0 Å². The van der Waals surface area contributed by atoms with Gasteiger partial charge in [0.05, 0.1) is 18.1 Å². The summed E-state index contributed by atoms with van der Waals surface area (Å²) in [7, 11) is 0. The van der Waals surface area contributed by atoms with Gasteiger partial charge in [-0.25, -0.2) is 0 Å². The standard InChI is InChI=1S/C16H21N3O4S/c1-11-8-12(19(21)22)2-3-13(11)17-16(20)9-18-5-7-24-15-10-23-6-4-14(15)18/h2-3,8,14-15H,4-7,9-10H2,1H3,(H,17,20)/t14-,15+/m0/s1. The van der Waals surface area contributed by atoms with Gasteiger partial charge in [-0.15, -0.1) is 0 Å². The SMILES string of the molecule is Cc1cc([N+](=O)[O-])ccc1NC(=O)CN1CCS[C@@H]2COCC[C@@H]21. The number of amides is 1. The van der Waals surface area contributed by atoms with Crippen LogP contribution in [0, 0.1) is 17.0 Å². The first-order valence-electron chi connectivity index (χ1n) is 8.03. The van der Waals surface area contributed by atoms with Crippen molar-refractivity contribution in [1.82, 2.24) is 4.90 Å². The molecule has 0 unspecified atom stereocenters. The third kappa shape index (κ3) is 3.88. The summed E-state index contributed by atoms with van der Waals surface area (Å²) in [6.07, 6.45) is 0.960. The molecular formula is C16H21N3O4S. The summed E-state index contributed by atoms with van der Waals surface area (Å²) in [4.78, 5) is 25.0. The Kier molecular flexibility index (Phi) is 5.37. The molecule has 1 amide bonds. The van der Waals surface area contributed by atoms with E-state index in [2.05, 4.69) is 10.2 Å². The number of thioether (sulfide) groups is 1. The minimum atomic E-state index is -0.435. The Hall–Kier alpha value is -1.64. The fraction of sp³-hybridized carbons (Fsp3) is 0.562. The molecule has 2 atom stereocenters. The molecule has 2 fully saturated rings. The number of anilines is 1. The van der Waals surface area contributed by atoms with Crippen LogP contribution in [0.5, 0.6) is 0 Å². The zero-order valence-electron chi connectivity index (χ0n) is 13.6. The fourth-order valence-electron chi connectivity index (χ4n) is 3.24. The quantitative estimate of drug-likeness (QED) is 0.660. The second kappa shape index (κ2) is 7.50. The summed E-state index contributed by atoms with van der Waals surface area (Å²) in [6, 6.07) is 4.87. The summed E-state index contributed by atoms with van der Waals surface area (Å²) in [5.74, 6) is 0.929. The number of nitro groups is 1. The van der Waals surface area contributed by atoms with E-state index in [1.807, 2.05) is 11.8 Å².